The summed E-state index contributed by atoms with van der Waals surface area (Å²) in [4.78, 5) is 2.62. The fourth-order valence-electron chi connectivity index (χ4n) is 3.65. The van der Waals surface area contributed by atoms with Gasteiger partial charge >= 0.3 is 0 Å². The van der Waals surface area contributed by atoms with E-state index in [1.165, 1.54) is 50.9 Å². The predicted octanol–water partition coefficient (Wildman–Crippen LogP) is 5.89. The molecule has 1 saturated carbocycles. The molecule has 0 N–H and O–H groups in total. The van der Waals surface area contributed by atoms with Crippen molar-refractivity contribution in [3.8, 4) is 0 Å². The van der Waals surface area contributed by atoms with Crippen LogP contribution >= 0.6 is 0 Å². The van der Waals surface area contributed by atoms with Gasteiger partial charge in [-0.15, -0.1) is 0 Å². The second-order valence-electron chi connectivity index (χ2n) is 8.93. The van der Waals surface area contributed by atoms with Crippen molar-refractivity contribution in [1.82, 2.24) is 4.90 Å². The Morgan fingerprint density at radius 1 is 1.18 bits per heavy atom. The van der Waals surface area contributed by atoms with E-state index in [9.17, 15) is 0 Å². The van der Waals surface area contributed by atoms with Crippen LogP contribution in [-0.4, -0.2) is 18.0 Å². The Kier molecular flexibility index (Phi) is 5.80. The molecule has 0 aromatic heterocycles. The van der Waals surface area contributed by atoms with Gasteiger partial charge in [0.15, 0.2) is 0 Å². The van der Waals surface area contributed by atoms with E-state index >= 15 is 0 Å². The third kappa shape index (κ3) is 4.89. The summed E-state index contributed by atoms with van der Waals surface area (Å²) >= 11 is 0. The largest absolute Gasteiger partial charge is 0.374 e. The fourth-order valence-corrected chi connectivity index (χ4v) is 3.65. The summed E-state index contributed by atoms with van der Waals surface area (Å²) in [6.07, 6.45) is 11.5. The Balaban J connectivity index is 1.95. The number of rotatable bonds is 7. The van der Waals surface area contributed by atoms with Crippen molar-refractivity contribution < 1.29 is 0 Å². The molecule has 2 aliphatic rings. The lowest BCUT2D eigenvalue weighted by atomic mass is 9.77. The van der Waals surface area contributed by atoms with Crippen LogP contribution in [0.1, 0.15) is 66.7 Å². The lowest BCUT2D eigenvalue weighted by molar-refractivity contribution is 0.168. The zero-order valence-corrected chi connectivity index (χ0v) is 15.6. The Morgan fingerprint density at radius 2 is 1.86 bits per heavy atom. The number of hydrogen-bond acceptors (Lipinski definition) is 1. The van der Waals surface area contributed by atoms with E-state index in [1.807, 2.05) is 0 Å². The maximum absolute atomic E-state index is 4.45. The standard InChI is InChI=1S/C21H37N/c1-16(17(2)20-10-8-7-9-11-20)14-22(15-19-12-13-19)18(3)21(4,5)6/h7-8,16-17,19-20H,3,9-15H2,1-2,4-6H3. The van der Waals surface area contributed by atoms with Crippen molar-refractivity contribution in [3.05, 3.63) is 24.4 Å². The van der Waals surface area contributed by atoms with Crippen LogP contribution in [0, 0.1) is 29.1 Å². The molecule has 0 aromatic carbocycles. The second-order valence-corrected chi connectivity index (χ2v) is 8.93. The van der Waals surface area contributed by atoms with E-state index in [1.54, 1.807) is 0 Å². The maximum atomic E-state index is 4.45. The van der Waals surface area contributed by atoms with Crippen molar-refractivity contribution in [2.75, 3.05) is 13.1 Å². The minimum absolute atomic E-state index is 0.186. The average molecular weight is 304 g/mol. The number of hydrogen-bond donors (Lipinski definition) is 0. The van der Waals surface area contributed by atoms with Crippen molar-refractivity contribution >= 4 is 0 Å². The summed E-state index contributed by atoms with van der Waals surface area (Å²) in [6.45, 7) is 18.7. The van der Waals surface area contributed by atoms with Gasteiger partial charge in [-0.25, -0.2) is 0 Å². The Labute approximate surface area is 138 Å². The molecule has 0 heterocycles. The van der Waals surface area contributed by atoms with Crippen LogP contribution in [0.25, 0.3) is 0 Å². The highest BCUT2D eigenvalue weighted by Gasteiger charge is 2.31. The van der Waals surface area contributed by atoms with E-state index in [4.69, 9.17) is 0 Å². The normalized spacial score (nSPS) is 24.9. The first-order valence-electron chi connectivity index (χ1n) is 9.38. The smallest absolute Gasteiger partial charge is 0.0203 e. The first-order valence-corrected chi connectivity index (χ1v) is 9.38. The van der Waals surface area contributed by atoms with Gasteiger partial charge in [0, 0.05) is 24.2 Å². The van der Waals surface area contributed by atoms with Crippen LogP contribution in [0.2, 0.25) is 0 Å². The zero-order chi connectivity index (χ0) is 16.3. The third-order valence-corrected chi connectivity index (χ3v) is 5.88. The van der Waals surface area contributed by atoms with Crippen LogP contribution in [0.5, 0.6) is 0 Å². The molecule has 0 bridgehead atoms. The first kappa shape index (κ1) is 17.6. The van der Waals surface area contributed by atoms with Crippen molar-refractivity contribution in [2.24, 2.45) is 29.1 Å². The lowest BCUT2D eigenvalue weighted by Crippen LogP contribution is -2.37. The zero-order valence-electron chi connectivity index (χ0n) is 15.6. The predicted molar refractivity (Wildman–Crippen MR) is 97.7 cm³/mol. The Bertz CT molecular complexity index is 397. The molecule has 2 rings (SSSR count). The van der Waals surface area contributed by atoms with Crippen LogP contribution in [0.3, 0.4) is 0 Å². The fraction of sp³-hybridized carbons (Fsp3) is 0.810. The molecule has 0 radical (unpaired) electrons. The summed E-state index contributed by atoms with van der Waals surface area (Å²) in [7, 11) is 0. The minimum Gasteiger partial charge on any atom is -0.374 e. The van der Waals surface area contributed by atoms with Crippen LogP contribution in [-0.2, 0) is 0 Å². The number of allylic oxidation sites excluding steroid dienone is 3. The molecule has 0 saturated heterocycles. The monoisotopic (exact) mass is 303 g/mol. The molecule has 0 aromatic rings. The van der Waals surface area contributed by atoms with E-state index in [0.717, 1.165) is 23.7 Å². The van der Waals surface area contributed by atoms with Gasteiger partial charge in [0.25, 0.3) is 0 Å². The van der Waals surface area contributed by atoms with Gasteiger partial charge in [-0.3, -0.25) is 0 Å². The molecule has 2 aliphatic carbocycles. The minimum atomic E-state index is 0.186. The lowest BCUT2D eigenvalue weighted by Gasteiger charge is -2.39. The van der Waals surface area contributed by atoms with Gasteiger partial charge in [0.05, 0.1) is 0 Å². The van der Waals surface area contributed by atoms with Gasteiger partial charge in [0.1, 0.15) is 0 Å². The highest BCUT2D eigenvalue weighted by molar-refractivity contribution is 5.06. The van der Waals surface area contributed by atoms with Crippen LogP contribution in [0.4, 0.5) is 0 Å². The van der Waals surface area contributed by atoms with Gasteiger partial charge in [-0.2, -0.15) is 0 Å². The summed E-state index contributed by atoms with van der Waals surface area (Å²) < 4.78 is 0. The summed E-state index contributed by atoms with van der Waals surface area (Å²) in [5, 5.41) is 0. The number of nitrogens with zero attached hydrogens (tertiary/aromatic N) is 1. The molecule has 3 atom stereocenters. The van der Waals surface area contributed by atoms with Gasteiger partial charge in [-0.1, -0.05) is 53.3 Å². The molecular formula is C21H37N. The summed E-state index contributed by atoms with van der Waals surface area (Å²) in [6, 6.07) is 0. The maximum Gasteiger partial charge on any atom is 0.0203 e. The molecule has 0 spiro atoms. The van der Waals surface area contributed by atoms with Crippen molar-refractivity contribution in [2.45, 2.75) is 66.7 Å². The van der Waals surface area contributed by atoms with Crippen molar-refractivity contribution in [1.29, 1.82) is 0 Å². The SMILES string of the molecule is C=C(N(CC1CC1)CC(C)C(C)C1CC=CCC1)C(C)(C)C. The molecule has 1 fully saturated rings. The molecule has 1 heteroatoms. The van der Waals surface area contributed by atoms with E-state index in [2.05, 4.69) is 58.2 Å². The van der Waals surface area contributed by atoms with Crippen molar-refractivity contribution in [3.63, 3.8) is 0 Å². The molecule has 0 aliphatic heterocycles. The Morgan fingerprint density at radius 3 is 2.36 bits per heavy atom. The van der Waals surface area contributed by atoms with Crippen LogP contribution in [0.15, 0.2) is 24.4 Å². The molecule has 126 valence electrons. The van der Waals surface area contributed by atoms with E-state index in [0.29, 0.717) is 0 Å². The quantitative estimate of drug-likeness (QED) is 0.530. The molecule has 22 heavy (non-hydrogen) atoms. The van der Waals surface area contributed by atoms with Gasteiger partial charge in [0.2, 0.25) is 0 Å². The Hall–Kier alpha value is -0.720. The molecule has 0 amide bonds. The molecule has 3 unspecified atom stereocenters. The first-order chi connectivity index (χ1) is 10.3. The van der Waals surface area contributed by atoms with E-state index in [-0.39, 0.29) is 5.41 Å². The summed E-state index contributed by atoms with van der Waals surface area (Å²) in [5.74, 6) is 3.36. The highest BCUT2D eigenvalue weighted by atomic mass is 15.1. The van der Waals surface area contributed by atoms with Crippen LogP contribution < -0.4 is 0 Å². The second kappa shape index (κ2) is 7.23. The average Bonchev–Trinajstić information content (AvgIpc) is 3.29. The van der Waals surface area contributed by atoms with E-state index < -0.39 is 0 Å². The molecular weight excluding hydrogens is 266 g/mol. The summed E-state index contributed by atoms with van der Waals surface area (Å²) in [5.41, 5.74) is 1.52. The van der Waals surface area contributed by atoms with Gasteiger partial charge < -0.3 is 4.90 Å². The highest BCUT2D eigenvalue weighted by Crippen LogP contribution is 2.37. The molecule has 1 nitrogen and oxygen atoms in total. The topological polar surface area (TPSA) is 3.24 Å². The van der Waals surface area contributed by atoms with Gasteiger partial charge in [-0.05, 0) is 55.8 Å². The third-order valence-electron chi connectivity index (χ3n) is 5.88.